The Bertz CT molecular complexity index is 246. The second kappa shape index (κ2) is 4.11. The third-order valence-corrected chi connectivity index (χ3v) is 2.72. The van der Waals surface area contributed by atoms with E-state index >= 15 is 0 Å². The van der Waals surface area contributed by atoms with Crippen LogP contribution in [0.2, 0.25) is 0 Å². The average Bonchev–Trinajstić information content (AvgIpc) is 2.51. The lowest BCUT2D eigenvalue weighted by Crippen LogP contribution is -2.32. The molecule has 0 saturated heterocycles. The minimum atomic E-state index is -0.460. The average molecular weight is 184 g/mol. The van der Waals surface area contributed by atoms with Crippen molar-refractivity contribution < 1.29 is 4.79 Å². The molecule has 0 saturated carbocycles. The molecule has 3 nitrogen and oxygen atoms in total. The maximum absolute atomic E-state index is 10.4. The summed E-state index contributed by atoms with van der Waals surface area (Å²) in [5.41, 5.74) is 4.95. The number of thiophene rings is 1. The summed E-state index contributed by atoms with van der Waals surface area (Å²) in [4.78, 5) is 11.7. The summed E-state index contributed by atoms with van der Waals surface area (Å²) in [7, 11) is 0. The first kappa shape index (κ1) is 9.06. The van der Waals surface area contributed by atoms with Gasteiger partial charge in [0.05, 0.1) is 0 Å². The molecule has 1 aromatic heterocycles. The van der Waals surface area contributed by atoms with Gasteiger partial charge in [-0.25, -0.2) is 4.79 Å². The predicted octanol–water partition coefficient (Wildman–Crippen LogP) is 1.52. The second-order valence-corrected chi connectivity index (χ2v) is 3.64. The molecule has 3 N–H and O–H groups in total. The Balaban J connectivity index is 2.39. The van der Waals surface area contributed by atoms with Crippen LogP contribution in [0.25, 0.3) is 0 Å². The SMILES string of the molecule is CC(CNC(N)=O)c1cccs1. The Hall–Kier alpha value is -1.03. The highest BCUT2D eigenvalue weighted by molar-refractivity contribution is 7.10. The van der Waals surface area contributed by atoms with Crippen molar-refractivity contribution in [2.75, 3.05) is 6.54 Å². The van der Waals surface area contributed by atoms with Crippen molar-refractivity contribution in [1.82, 2.24) is 5.32 Å². The van der Waals surface area contributed by atoms with Crippen LogP contribution in [0.1, 0.15) is 17.7 Å². The molecular formula is C8H12N2OS. The van der Waals surface area contributed by atoms with Gasteiger partial charge in [0.25, 0.3) is 0 Å². The lowest BCUT2D eigenvalue weighted by atomic mass is 10.1. The monoisotopic (exact) mass is 184 g/mol. The van der Waals surface area contributed by atoms with Gasteiger partial charge in [-0.15, -0.1) is 11.3 Å². The lowest BCUT2D eigenvalue weighted by molar-refractivity contribution is 0.248. The zero-order valence-corrected chi connectivity index (χ0v) is 7.73. The van der Waals surface area contributed by atoms with Crippen molar-refractivity contribution >= 4 is 17.4 Å². The molecule has 0 bridgehead atoms. The van der Waals surface area contributed by atoms with Crippen LogP contribution in [0.5, 0.6) is 0 Å². The van der Waals surface area contributed by atoms with Gasteiger partial charge in [0.15, 0.2) is 0 Å². The highest BCUT2D eigenvalue weighted by Gasteiger charge is 2.05. The van der Waals surface area contributed by atoms with E-state index in [0.29, 0.717) is 12.5 Å². The molecule has 2 amide bonds. The molecule has 1 aromatic rings. The highest BCUT2D eigenvalue weighted by Crippen LogP contribution is 2.19. The fraction of sp³-hybridized carbons (Fsp3) is 0.375. The number of amides is 2. The number of carbonyl (C=O) groups excluding carboxylic acids is 1. The Labute approximate surface area is 75.6 Å². The van der Waals surface area contributed by atoms with Gasteiger partial charge >= 0.3 is 6.03 Å². The molecule has 4 heteroatoms. The molecule has 0 spiro atoms. The number of carbonyl (C=O) groups is 1. The summed E-state index contributed by atoms with van der Waals surface area (Å²) in [6.07, 6.45) is 0. The van der Waals surface area contributed by atoms with E-state index in [-0.39, 0.29) is 0 Å². The Morgan fingerprint density at radius 2 is 2.58 bits per heavy atom. The Morgan fingerprint density at radius 1 is 1.83 bits per heavy atom. The molecule has 1 unspecified atom stereocenters. The van der Waals surface area contributed by atoms with E-state index in [9.17, 15) is 4.79 Å². The van der Waals surface area contributed by atoms with Crippen LogP contribution in [0.4, 0.5) is 4.79 Å². The van der Waals surface area contributed by atoms with Crippen molar-refractivity contribution in [3.8, 4) is 0 Å². The van der Waals surface area contributed by atoms with Gasteiger partial charge in [0.1, 0.15) is 0 Å². The molecule has 1 heterocycles. The minimum absolute atomic E-state index is 0.345. The van der Waals surface area contributed by atoms with Gasteiger partial charge in [-0.3, -0.25) is 0 Å². The van der Waals surface area contributed by atoms with Crippen molar-refractivity contribution in [2.24, 2.45) is 5.73 Å². The summed E-state index contributed by atoms with van der Waals surface area (Å²) in [5.74, 6) is 0.345. The van der Waals surface area contributed by atoms with Crippen molar-refractivity contribution in [3.05, 3.63) is 22.4 Å². The van der Waals surface area contributed by atoms with Crippen molar-refractivity contribution in [1.29, 1.82) is 0 Å². The summed E-state index contributed by atoms with van der Waals surface area (Å²) >= 11 is 1.69. The molecule has 12 heavy (non-hydrogen) atoms. The standard InChI is InChI=1S/C8H12N2OS/c1-6(5-10-8(9)11)7-3-2-4-12-7/h2-4,6H,5H2,1H3,(H3,9,10,11). The van der Waals surface area contributed by atoms with E-state index < -0.39 is 6.03 Å². The number of rotatable bonds is 3. The van der Waals surface area contributed by atoms with Gasteiger partial charge in [0, 0.05) is 17.3 Å². The van der Waals surface area contributed by atoms with Gasteiger partial charge in [-0.05, 0) is 11.4 Å². The molecule has 0 fully saturated rings. The summed E-state index contributed by atoms with van der Waals surface area (Å²) < 4.78 is 0. The number of hydrogen-bond acceptors (Lipinski definition) is 2. The topological polar surface area (TPSA) is 55.1 Å². The number of hydrogen-bond donors (Lipinski definition) is 2. The van der Waals surface area contributed by atoms with E-state index in [1.165, 1.54) is 4.88 Å². The summed E-state index contributed by atoms with van der Waals surface area (Å²) in [5, 5.41) is 4.60. The van der Waals surface area contributed by atoms with Gasteiger partial charge in [0.2, 0.25) is 0 Å². The molecule has 66 valence electrons. The molecule has 0 radical (unpaired) electrons. The van der Waals surface area contributed by atoms with Crippen LogP contribution in [-0.2, 0) is 0 Å². The van der Waals surface area contributed by atoms with Crippen LogP contribution in [0, 0.1) is 0 Å². The summed E-state index contributed by atoms with van der Waals surface area (Å²) in [6, 6.07) is 3.59. The highest BCUT2D eigenvalue weighted by atomic mass is 32.1. The van der Waals surface area contributed by atoms with E-state index in [0.717, 1.165) is 0 Å². The fourth-order valence-corrected chi connectivity index (χ4v) is 1.71. The summed E-state index contributed by atoms with van der Waals surface area (Å²) in [6.45, 7) is 2.66. The normalized spacial score (nSPS) is 12.4. The Morgan fingerprint density at radius 3 is 3.08 bits per heavy atom. The van der Waals surface area contributed by atoms with Gasteiger partial charge < -0.3 is 11.1 Å². The largest absolute Gasteiger partial charge is 0.352 e. The van der Waals surface area contributed by atoms with E-state index in [2.05, 4.69) is 18.3 Å². The molecule has 0 aliphatic heterocycles. The molecular weight excluding hydrogens is 172 g/mol. The van der Waals surface area contributed by atoms with E-state index in [1.54, 1.807) is 11.3 Å². The molecule has 0 aliphatic carbocycles. The van der Waals surface area contributed by atoms with Crippen LogP contribution in [-0.4, -0.2) is 12.6 Å². The van der Waals surface area contributed by atoms with E-state index in [4.69, 9.17) is 5.73 Å². The first-order valence-electron chi connectivity index (χ1n) is 3.77. The number of nitrogens with two attached hydrogens (primary N) is 1. The fourth-order valence-electron chi connectivity index (χ4n) is 0.926. The van der Waals surface area contributed by atoms with Crippen LogP contribution >= 0.6 is 11.3 Å². The predicted molar refractivity (Wildman–Crippen MR) is 50.3 cm³/mol. The molecule has 1 atom stereocenters. The van der Waals surface area contributed by atoms with Crippen molar-refractivity contribution in [3.63, 3.8) is 0 Å². The maximum atomic E-state index is 10.4. The number of urea groups is 1. The first-order valence-corrected chi connectivity index (χ1v) is 4.65. The van der Waals surface area contributed by atoms with Crippen LogP contribution in [0.3, 0.4) is 0 Å². The maximum Gasteiger partial charge on any atom is 0.312 e. The zero-order valence-electron chi connectivity index (χ0n) is 6.91. The van der Waals surface area contributed by atoms with E-state index in [1.807, 2.05) is 11.4 Å². The van der Waals surface area contributed by atoms with Crippen LogP contribution in [0.15, 0.2) is 17.5 Å². The van der Waals surface area contributed by atoms with Gasteiger partial charge in [-0.1, -0.05) is 13.0 Å². The smallest absolute Gasteiger partial charge is 0.312 e. The minimum Gasteiger partial charge on any atom is -0.352 e. The molecule has 0 aromatic carbocycles. The third-order valence-electron chi connectivity index (χ3n) is 1.61. The molecule has 0 aliphatic rings. The van der Waals surface area contributed by atoms with Gasteiger partial charge in [-0.2, -0.15) is 0 Å². The zero-order chi connectivity index (χ0) is 8.97. The number of nitrogens with one attached hydrogen (secondary N) is 1. The number of primary amides is 1. The third kappa shape index (κ3) is 2.54. The lowest BCUT2D eigenvalue weighted by Gasteiger charge is -2.08. The first-order chi connectivity index (χ1) is 5.70. The second-order valence-electron chi connectivity index (χ2n) is 2.66. The van der Waals surface area contributed by atoms with Crippen molar-refractivity contribution in [2.45, 2.75) is 12.8 Å². The van der Waals surface area contributed by atoms with Crippen LogP contribution < -0.4 is 11.1 Å². The quantitative estimate of drug-likeness (QED) is 0.735. The Kier molecular flexibility index (Phi) is 3.10. The molecule has 1 rings (SSSR count).